The molecule has 20 heavy (non-hydrogen) atoms. The maximum Gasteiger partial charge on any atom is 0.303 e. The molecule has 0 bridgehead atoms. The molecular formula is C15H18N2O3. The highest BCUT2D eigenvalue weighted by atomic mass is 16.4. The number of hydrogen-bond donors (Lipinski definition) is 3. The summed E-state index contributed by atoms with van der Waals surface area (Å²) in [7, 11) is 0. The largest absolute Gasteiger partial charge is 0.481 e. The van der Waals surface area contributed by atoms with Crippen molar-refractivity contribution in [2.45, 2.75) is 32.2 Å². The maximum atomic E-state index is 12.2. The van der Waals surface area contributed by atoms with Crippen LogP contribution in [-0.4, -0.2) is 28.0 Å². The summed E-state index contributed by atoms with van der Waals surface area (Å²) in [4.78, 5) is 25.7. The number of aromatic nitrogens is 1. The maximum absolute atomic E-state index is 12.2. The summed E-state index contributed by atoms with van der Waals surface area (Å²) in [6.07, 6.45) is 3.15. The molecular weight excluding hydrogens is 256 g/mol. The number of carboxylic acid groups (broad SMARTS) is 1. The van der Waals surface area contributed by atoms with E-state index in [2.05, 4.69) is 10.3 Å². The molecule has 1 aromatic heterocycles. The molecule has 1 aromatic carbocycles. The molecule has 0 aliphatic carbocycles. The van der Waals surface area contributed by atoms with Gasteiger partial charge in [-0.25, -0.2) is 0 Å². The smallest absolute Gasteiger partial charge is 0.303 e. The summed E-state index contributed by atoms with van der Waals surface area (Å²) in [5.74, 6) is -0.944. The summed E-state index contributed by atoms with van der Waals surface area (Å²) >= 11 is 0. The Labute approximate surface area is 117 Å². The van der Waals surface area contributed by atoms with Crippen molar-refractivity contribution in [1.29, 1.82) is 0 Å². The zero-order chi connectivity index (χ0) is 14.5. The minimum Gasteiger partial charge on any atom is -0.481 e. The van der Waals surface area contributed by atoms with E-state index in [0.717, 1.165) is 10.9 Å². The van der Waals surface area contributed by atoms with Crippen molar-refractivity contribution in [2.75, 3.05) is 0 Å². The third kappa shape index (κ3) is 3.38. The normalized spacial score (nSPS) is 12.2. The van der Waals surface area contributed by atoms with E-state index < -0.39 is 5.97 Å². The summed E-state index contributed by atoms with van der Waals surface area (Å²) in [5, 5.41) is 12.5. The van der Waals surface area contributed by atoms with Crippen LogP contribution in [0.15, 0.2) is 30.5 Å². The van der Waals surface area contributed by atoms with Crippen LogP contribution in [0, 0.1) is 0 Å². The Morgan fingerprint density at radius 2 is 2.15 bits per heavy atom. The van der Waals surface area contributed by atoms with Gasteiger partial charge in [0.15, 0.2) is 0 Å². The molecule has 0 radical (unpaired) electrons. The Balaban J connectivity index is 1.97. The molecule has 1 amide bonds. The highest BCUT2D eigenvalue weighted by Crippen LogP contribution is 2.17. The highest BCUT2D eigenvalue weighted by molar-refractivity contribution is 6.05. The summed E-state index contributed by atoms with van der Waals surface area (Å²) in [6, 6.07) is 7.44. The van der Waals surface area contributed by atoms with Crippen LogP contribution in [0.25, 0.3) is 10.9 Å². The highest BCUT2D eigenvalue weighted by Gasteiger charge is 2.13. The minimum absolute atomic E-state index is 0.0490. The number of aromatic amines is 1. The number of carboxylic acids is 1. The van der Waals surface area contributed by atoms with E-state index in [1.165, 1.54) is 0 Å². The number of para-hydroxylation sites is 1. The van der Waals surface area contributed by atoms with E-state index in [9.17, 15) is 9.59 Å². The van der Waals surface area contributed by atoms with Gasteiger partial charge in [-0.15, -0.1) is 0 Å². The van der Waals surface area contributed by atoms with E-state index in [1.807, 2.05) is 25.1 Å². The summed E-state index contributed by atoms with van der Waals surface area (Å²) in [5.41, 5.74) is 1.43. The van der Waals surface area contributed by atoms with Crippen LogP contribution in [0.1, 0.15) is 36.5 Å². The van der Waals surface area contributed by atoms with Crippen LogP contribution in [-0.2, 0) is 4.79 Å². The molecule has 0 fully saturated rings. The topological polar surface area (TPSA) is 82.2 Å². The Morgan fingerprint density at radius 3 is 2.90 bits per heavy atom. The third-order valence-electron chi connectivity index (χ3n) is 3.24. The van der Waals surface area contributed by atoms with E-state index in [4.69, 9.17) is 5.11 Å². The van der Waals surface area contributed by atoms with Gasteiger partial charge < -0.3 is 15.4 Å². The van der Waals surface area contributed by atoms with Crippen LogP contribution < -0.4 is 5.32 Å². The van der Waals surface area contributed by atoms with Crippen molar-refractivity contribution < 1.29 is 14.7 Å². The van der Waals surface area contributed by atoms with Gasteiger partial charge in [0, 0.05) is 24.0 Å². The van der Waals surface area contributed by atoms with E-state index in [0.29, 0.717) is 18.4 Å². The SMILES string of the molecule is CC(CCCC(=O)O)NC(=O)c1cccc2cc[nH]c12. The predicted molar refractivity (Wildman–Crippen MR) is 76.7 cm³/mol. The Hall–Kier alpha value is -2.30. The van der Waals surface area contributed by atoms with Crippen LogP contribution >= 0.6 is 0 Å². The Kier molecular flexibility index (Phi) is 4.40. The second-order valence-electron chi connectivity index (χ2n) is 4.91. The van der Waals surface area contributed by atoms with Gasteiger partial charge in [-0.05, 0) is 31.9 Å². The zero-order valence-corrected chi connectivity index (χ0v) is 11.3. The molecule has 1 unspecified atom stereocenters. The van der Waals surface area contributed by atoms with E-state index in [1.54, 1.807) is 12.3 Å². The number of H-pyrrole nitrogens is 1. The fraction of sp³-hybridized carbons (Fsp3) is 0.333. The van der Waals surface area contributed by atoms with Crippen molar-refractivity contribution in [2.24, 2.45) is 0 Å². The number of carbonyl (C=O) groups excluding carboxylic acids is 1. The lowest BCUT2D eigenvalue weighted by molar-refractivity contribution is -0.137. The van der Waals surface area contributed by atoms with Crippen LogP contribution in [0.4, 0.5) is 0 Å². The standard InChI is InChI=1S/C15H18N2O3/c1-10(4-2-7-13(18)19)17-15(20)12-6-3-5-11-8-9-16-14(11)12/h3,5-6,8-10,16H,2,4,7H2,1H3,(H,17,20)(H,18,19). The van der Waals surface area contributed by atoms with E-state index >= 15 is 0 Å². The van der Waals surface area contributed by atoms with Crippen molar-refractivity contribution in [3.63, 3.8) is 0 Å². The van der Waals surface area contributed by atoms with Gasteiger partial charge >= 0.3 is 5.97 Å². The first-order valence-corrected chi connectivity index (χ1v) is 6.66. The lowest BCUT2D eigenvalue weighted by Gasteiger charge is -2.13. The third-order valence-corrected chi connectivity index (χ3v) is 3.24. The Morgan fingerprint density at radius 1 is 1.35 bits per heavy atom. The first-order valence-electron chi connectivity index (χ1n) is 6.66. The van der Waals surface area contributed by atoms with Gasteiger partial charge in [0.2, 0.25) is 0 Å². The second-order valence-corrected chi connectivity index (χ2v) is 4.91. The molecule has 1 heterocycles. The van der Waals surface area contributed by atoms with Gasteiger partial charge in [-0.2, -0.15) is 0 Å². The molecule has 0 saturated heterocycles. The average Bonchev–Trinajstić information content (AvgIpc) is 2.85. The number of fused-ring (bicyclic) bond motifs is 1. The molecule has 106 valence electrons. The molecule has 0 spiro atoms. The van der Waals surface area contributed by atoms with Gasteiger partial charge in [-0.1, -0.05) is 12.1 Å². The molecule has 2 aromatic rings. The number of nitrogens with one attached hydrogen (secondary N) is 2. The van der Waals surface area contributed by atoms with E-state index in [-0.39, 0.29) is 18.4 Å². The first-order chi connectivity index (χ1) is 9.58. The quantitative estimate of drug-likeness (QED) is 0.757. The number of benzene rings is 1. The number of carbonyl (C=O) groups is 2. The van der Waals surface area contributed by atoms with Gasteiger partial charge in [0.25, 0.3) is 5.91 Å². The molecule has 3 N–H and O–H groups in total. The molecule has 0 aliphatic rings. The molecule has 5 heteroatoms. The van der Waals surface area contributed by atoms with Gasteiger partial charge in [0.05, 0.1) is 11.1 Å². The lowest BCUT2D eigenvalue weighted by Crippen LogP contribution is -2.32. The first kappa shape index (κ1) is 14.1. The predicted octanol–water partition coefficient (Wildman–Crippen LogP) is 2.54. The van der Waals surface area contributed by atoms with Gasteiger partial charge in [0.1, 0.15) is 0 Å². The zero-order valence-electron chi connectivity index (χ0n) is 11.3. The van der Waals surface area contributed by atoms with Crippen LogP contribution in [0.5, 0.6) is 0 Å². The fourth-order valence-corrected chi connectivity index (χ4v) is 2.21. The van der Waals surface area contributed by atoms with Crippen molar-refractivity contribution in [1.82, 2.24) is 10.3 Å². The molecule has 0 saturated carbocycles. The number of amides is 1. The number of hydrogen-bond acceptors (Lipinski definition) is 2. The van der Waals surface area contributed by atoms with Crippen molar-refractivity contribution in [3.05, 3.63) is 36.0 Å². The molecule has 1 atom stereocenters. The molecule has 5 nitrogen and oxygen atoms in total. The Bertz CT molecular complexity index is 618. The molecule has 2 rings (SSSR count). The van der Waals surface area contributed by atoms with Crippen molar-refractivity contribution in [3.8, 4) is 0 Å². The number of aliphatic carboxylic acids is 1. The fourth-order valence-electron chi connectivity index (χ4n) is 2.21. The summed E-state index contributed by atoms with van der Waals surface area (Å²) in [6.45, 7) is 1.88. The molecule has 0 aliphatic heterocycles. The number of rotatable bonds is 6. The average molecular weight is 274 g/mol. The minimum atomic E-state index is -0.806. The second kappa shape index (κ2) is 6.23. The van der Waals surface area contributed by atoms with Crippen LogP contribution in [0.2, 0.25) is 0 Å². The van der Waals surface area contributed by atoms with Crippen LogP contribution in [0.3, 0.4) is 0 Å². The van der Waals surface area contributed by atoms with Crippen molar-refractivity contribution >= 4 is 22.8 Å². The van der Waals surface area contributed by atoms with Gasteiger partial charge in [-0.3, -0.25) is 9.59 Å². The monoisotopic (exact) mass is 274 g/mol. The summed E-state index contributed by atoms with van der Waals surface area (Å²) < 4.78 is 0. The lowest BCUT2D eigenvalue weighted by atomic mass is 10.1.